The lowest BCUT2D eigenvalue weighted by Gasteiger charge is -1.79. The topological polar surface area (TPSA) is 43.1 Å². The van der Waals surface area contributed by atoms with Crippen LogP contribution in [0, 0.1) is 0 Å². The first-order chi connectivity index (χ1) is 4.74. The van der Waals surface area contributed by atoms with Gasteiger partial charge in [-0.2, -0.15) is 0 Å². The Bertz CT molecular complexity index is 244. The smallest absolute Gasteiger partial charge is 0.274 e. The minimum Gasteiger partial charge on any atom is -0.448 e. The van der Waals surface area contributed by atoms with Crippen LogP contribution < -0.4 is 0 Å². The summed E-state index contributed by atoms with van der Waals surface area (Å²) in [6.07, 6.45) is 1.93. The van der Waals surface area contributed by atoms with Crippen LogP contribution in [0.25, 0.3) is 0 Å². The molecule has 1 rings (SSSR count). The molecule has 0 saturated carbocycles. The molecule has 0 amide bonds. The summed E-state index contributed by atoms with van der Waals surface area (Å²) in [5.74, 6) is 0.531. The number of carbonyl (C=O) groups excluding carboxylic acids is 1. The summed E-state index contributed by atoms with van der Waals surface area (Å²) >= 11 is 5.11. The fourth-order valence-corrected chi connectivity index (χ4v) is 0.650. The molecular formula is C6H6ClNO2. The summed E-state index contributed by atoms with van der Waals surface area (Å²) in [5.41, 5.74) is 0.179. The molecule has 1 aromatic heterocycles. The average Bonchev–Trinajstić information content (AvgIpc) is 2.34. The Balaban J connectivity index is 2.88. The van der Waals surface area contributed by atoms with E-state index in [1.165, 1.54) is 6.26 Å². The first-order valence-electron chi connectivity index (χ1n) is 2.88. The third-order valence-corrected chi connectivity index (χ3v) is 1.25. The van der Waals surface area contributed by atoms with Crippen molar-refractivity contribution in [1.82, 2.24) is 4.98 Å². The number of rotatable bonds is 2. The Morgan fingerprint density at radius 1 is 1.90 bits per heavy atom. The van der Waals surface area contributed by atoms with Crippen LogP contribution in [0.1, 0.15) is 23.3 Å². The predicted molar refractivity (Wildman–Crippen MR) is 36.1 cm³/mol. The normalized spacial score (nSPS) is 9.80. The highest BCUT2D eigenvalue weighted by Crippen LogP contribution is 2.04. The molecule has 10 heavy (non-hydrogen) atoms. The lowest BCUT2D eigenvalue weighted by atomic mass is 10.5. The van der Waals surface area contributed by atoms with E-state index in [-0.39, 0.29) is 5.69 Å². The lowest BCUT2D eigenvalue weighted by molar-refractivity contribution is 0.107. The number of hydrogen-bond acceptors (Lipinski definition) is 3. The number of carbonyl (C=O) groups is 1. The average molecular weight is 160 g/mol. The van der Waals surface area contributed by atoms with Gasteiger partial charge in [0.05, 0.1) is 0 Å². The van der Waals surface area contributed by atoms with Gasteiger partial charge >= 0.3 is 0 Å². The van der Waals surface area contributed by atoms with Gasteiger partial charge in [0.2, 0.25) is 0 Å². The van der Waals surface area contributed by atoms with Gasteiger partial charge in [0.15, 0.2) is 11.6 Å². The molecule has 0 atom stereocenters. The van der Waals surface area contributed by atoms with Gasteiger partial charge in [0.25, 0.3) is 5.24 Å². The standard InChI is InChI=1S/C6H6ClNO2/c1-2-5-8-4(3-10-5)6(7)9/h3H,2H2,1H3. The molecule has 0 aromatic carbocycles. The van der Waals surface area contributed by atoms with Crippen LogP contribution in [0.5, 0.6) is 0 Å². The number of nitrogens with zero attached hydrogens (tertiary/aromatic N) is 1. The summed E-state index contributed by atoms with van der Waals surface area (Å²) in [5, 5.41) is -0.580. The van der Waals surface area contributed by atoms with Gasteiger partial charge in [-0.05, 0) is 11.6 Å². The summed E-state index contributed by atoms with van der Waals surface area (Å²) in [4.78, 5) is 14.2. The predicted octanol–water partition coefficient (Wildman–Crippen LogP) is 1.62. The molecular weight excluding hydrogens is 154 g/mol. The Labute approximate surface area is 63.0 Å². The van der Waals surface area contributed by atoms with E-state index in [1.54, 1.807) is 0 Å². The van der Waals surface area contributed by atoms with Crippen molar-refractivity contribution in [3.8, 4) is 0 Å². The number of hydrogen-bond donors (Lipinski definition) is 0. The van der Waals surface area contributed by atoms with E-state index < -0.39 is 5.24 Å². The zero-order valence-electron chi connectivity index (χ0n) is 5.43. The monoisotopic (exact) mass is 159 g/mol. The van der Waals surface area contributed by atoms with Crippen molar-refractivity contribution in [2.45, 2.75) is 13.3 Å². The maximum absolute atomic E-state index is 10.4. The molecule has 0 saturated heterocycles. The van der Waals surface area contributed by atoms with Gasteiger partial charge in [0.1, 0.15) is 6.26 Å². The quantitative estimate of drug-likeness (QED) is 0.616. The molecule has 1 aromatic rings. The van der Waals surface area contributed by atoms with E-state index >= 15 is 0 Å². The van der Waals surface area contributed by atoms with Gasteiger partial charge in [0, 0.05) is 6.42 Å². The van der Waals surface area contributed by atoms with Crippen LogP contribution in [0.4, 0.5) is 0 Å². The summed E-state index contributed by atoms with van der Waals surface area (Å²) in [6.45, 7) is 1.88. The van der Waals surface area contributed by atoms with E-state index in [1.807, 2.05) is 6.92 Å². The molecule has 4 heteroatoms. The number of aromatic nitrogens is 1. The van der Waals surface area contributed by atoms with E-state index in [0.717, 1.165) is 0 Å². The van der Waals surface area contributed by atoms with Crippen molar-refractivity contribution in [1.29, 1.82) is 0 Å². The minimum atomic E-state index is -0.580. The molecule has 0 unspecified atom stereocenters. The summed E-state index contributed by atoms with van der Waals surface area (Å²) < 4.78 is 4.86. The van der Waals surface area contributed by atoms with Crippen molar-refractivity contribution < 1.29 is 9.21 Å². The molecule has 0 bridgehead atoms. The SMILES string of the molecule is CCc1nc(C(=O)Cl)co1. The third kappa shape index (κ3) is 1.36. The first-order valence-corrected chi connectivity index (χ1v) is 3.26. The Morgan fingerprint density at radius 3 is 2.90 bits per heavy atom. The molecule has 0 aliphatic rings. The van der Waals surface area contributed by atoms with Crippen molar-refractivity contribution in [2.75, 3.05) is 0 Å². The Morgan fingerprint density at radius 2 is 2.60 bits per heavy atom. The van der Waals surface area contributed by atoms with E-state index in [2.05, 4.69) is 4.98 Å². The molecule has 0 aliphatic heterocycles. The molecule has 0 spiro atoms. The molecule has 3 nitrogen and oxygen atoms in total. The van der Waals surface area contributed by atoms with Crippen molar-refractivity contribution in [2.24, 2.45) is 0 Å². The van der Waals surface area contributed by atoms with Crippen LogP contribution in [0.2, 0.25) is 0 Å². The van der Waals surface area contributed by atoms with Crippen LogP contribution in [-0.4, -0.2) is 10.2 Å². The van der Waals surface area contributed by atoms with E-state index in [0.29, 0.717) is 12.3 Å². The second kappa shape index (κ2) is 2.84. The largest absolute Gasteiger partial charge is 0.448 e. The zero-order chi connectivity index (χ0) is 7.56. The fourth-order valence-electron chi connectivity index (χ4n) is 0.564. The van der Waals surface area contributed by atoms with Crippen molar-refractivity contribution in [3.05, 3.63) is 17.8 Å². The number of halogens is 1. The second-order valence-electron chi connectivity index (χ2n) is 1.75. The van der Waals surface area contributed by atoms with E-state index in [9.17, 15) is 4.79 Å². The second-order valence-corrected chi connectivity index (χ2v) is 2.10. The summed E-state index contributed by atoms with van der Waals surface area (Å²) in [7, 11) is 0. The van der Waals surface area contributed by atoms with Crippen LogP contribution in [0.3, 0.4) is 0 Å². The molecule has 0 radical (unpaired) electrons. The van der Waals surface area contributed by atoms with Crippen LogP contribution in [0.15, 0.2) is 10.7 Å². The highest BCUT2D eigenvalue weighted by Gasteiger charge is 2.06. The maximum atomic E-state index is 10.4. The number of aryl methyl sites for hydroxylation is 1. The molecule has 54 valence electrons. The van der Waals surface area contributed by atoms with Gasteiger partial charge < -0.3 is 4.42 Å². The van der Waals surface area contributed by atoms with Gasteiger partial charge in [-0.3, -0.25) is 4.79 Å². The minimum absolute atomic E-state index is 0.179. The maximum Gasteiger partial charge on any atom is 0.274 e. The molecule has 0 N–H and O–H groups in total. The van der Waals surface area contributed by atoms with Gasteiger partial charge in [-0.15, -0.1) is 0 Å². The zero-order valence-corrected chi connectivity index (χ0v) is 6.18. The fraction of sp³-hybridized carbons (Fsp3) is 0.333. The van der Waals surface area contributed by atoms with Gasteiger partial charge in [-0.1, -0.05) is 6.92 Å². The third-order valence-electron chi connectivity index (χ3n) is 1.06. The Kier molecular flexibility index (Phi) is 2.06. The van der Waals surface area contributed by atoms with Gasteiger partial charge in [-0.25, -0.2) is 4.98 Å². The first kappa shape index (κ1) is 7.28. The van der Waals surface area contributed by atoms with E-state index in [4.69, 9.17) is 16.0 Å². The highest BCUT2D eigenvalue weighted by molar-refractivity contribution is 6.67. The highest BCUT2D eigenvalue weighted by atomic mass is 35.5. The molecule has 0 aliphatic carbocycles. The molecule has 1 heterocycles. The van der Waals surface area contributed by atoms with Crippen LogP contribution in [-0.2, 0) is 6.42 Å². The number of oxazole rings is 1. The van der Waals surface area contributed by atoms with Crippen molar-refractivity contribution in [3.63, 3.8) is 0 Å². The van der Waals surface area contributed by atoms with Crippen molar-refractivity contribution >= 4 is 16.8 Å². The lowest BCUT2D eigenvalue weighted by Crippen LogP contribution is -1.88. The summed E-state index contributed by atoms with van der Waals surface area (Å²) in [6, 6.07) is 0. The molecule has 0 fully saturated rings. The Hall–Kier alpha value is -0.830. The van der Waals surface area contributed by atoms with Crippen LogP contribution >= 0.6 is 11.6 Å².